The molecule has 128 valence electrons. The molecule has 0 aliphatic heterocycles. The number of benzene rings is 1. The molecule has 1 rings (SSSR count). The Balaban J connectivity index is 2.21. The fourth-order valence-corrected chi connectivity index (χ4v) is 1.67. The summed E-state index contributed by atoms with van der Waals surface area (Å²) in [4.78, 5) is 21.8. The van der Waals surface area contributed by atoms with Gasteiger partial charge in [-0.15, -0.1) is 0 Å². The Bertz CT molecular complexity index is 584. The van der Waals surface area contributed by atoms with Crippen molar-refractivity contribution in [3.05, 3.63) is 60.7 Å². The summed E-state index contributed by atoms with van der Waals surface area (Å²) >= 11 is 0. The Morgan fingerprint density at radius 3 is 2.33 bits per heavy atom. The standard InChI is InChI=1S/C19H22O5/c1-3-18(20)24-15-7-5-4-6-14-23-17-11-8-16(9-12-17)10-13-19(21)22-2/h3-5,8-13H,1,6-7,14-15H2,2H3. The third-order valence-electron chi connectivity index (χ3n) is 2.91. The highest BCUT2D eigenvalue weighted by Crippen LogP contribution is 2.13. The molecular formula is C19H22O5. The van der Waals surface area contributed by atoms with Crippen molar-refractivity contribution in [3.8, 4) is 5.75 Å². The van der Waals surface area contributed by atoms with E-state index in [-0.39, 0.29) is 5.97 Å². The largest absolute Gasteiger partial charge is 0.493 e. The maximum atomic E-state index is 11.0. The molecular weight excluding hydrogens is 308 g/mol. The zero-order chi connectivity index (χ0) is 17.6. The molecule has 0 radical (unpaired) electrons. The molecule has 0 aliphatic carbocycles. The number of rotatable bonds is 10. The van der Waals surface area contributed by atoms with Crippen LogP contribution in [0.15, 0.2) is 55.1 Å². The van der Waals surface area contributed by atoms with E-state index < -0.39 is 5.97 Å². The number of hydrogen-bond acceptors (Lipinski definition) is 5. The van der Waals surface area contributed by atoms with Crippen LogP contribution in [0.3, 0.4) is 0 Å². The molecule has 24 heavy (non-hydrogen) atoms. The van der Waals surface area contributed by atoms with E-state index in [0.29, 0.717) is 19.6 Å². The smallest absolute Gasteiger partial charge is 0.330 e. The van der Waals surface area contributed by atoms with Crippen molar-refractivity contribution >= 4 is 18.0 Å². The summed E-state index contributed by atoms with van der Waals surface area (Å²) in [5.74, 6) is -0.0310. The van der Waals surface area contributed by atoms with Gasteiger partial charge in [0.2, 0.25) is 0 Å². The van der Waals surface area contributed by atoms with E-state index in [1.807, 2.05) is 36.4 Å². The minimum atomic E-state index is -0.406. The lowest BCUT2D eigenvalue weighted by molar-refractivity contribution is -0.137. The summed E-state index contributed by atoms with van der Waals surface area (Å²) in [5, 5.41) is 0. The van der Waals surface area contributed by atoms with Crippen molar-refractivity contribution in [1.29, 1.82) is 0 Å². The lowest BCUT2D eigenvalue weighted by atomic mass is 10.2. The van der Waals surface area contributed by atoms with Crippen LogP contribution < -0.4 is 4.74 Å². The first-order valence-electron chi connectivity index (χ1n) is 7.59. The van der Waals surface area contributed by atoms with E-state index in [0.717, 1.165) is 23.8 Å². The lowest BCUT2D eigenvalue weighted by Crippen LogP contribution is -2.00. The van der Waals surface area contributed by atoms with Crippen LogP contribution in [0, 0.1) is 0 Å². The molecule has 0 N–H and O–H groups in total. The van der Waals surface area contributed by atoms with Crippen LogP contribution in [0.4, 0.5) is 0 Å². The third kappa shape index (κ3) is 8.58. The molecule has 0 saturated heterocycles. The molecule has 0 aromatic heterocycles. The van der Waals surface area contributed by atoms with Crippen molar-refractivity contribution in [2.75, 3.05) is 20.3 Å². The van der Waals surface area contributed by atoms with Gasteiger partial charge in [0.05, 0.1) is 20.3 Å². The molecule has 5 heteroatoms. The van der Waals surface area contributed by atoms with E-state index in [1.165, 1.54) is 13.2 Å². The molecule has 0 atom stereocenters. The number of ether oxygens (including phenoxy) is 3. The highest BCUT2D eigenvalue weighted by molar-refractivity contribution is 5.86. The molecule has 1 aromatic rings. The van der Waals surface area contributed by atoms with Gasteiger partial charge in [0.15, 0.2) is 0 Å². The number of esters is 2. The molecule has 1 aromatic carbocycles. The highest BCUT2D eigenvalue weighted by atomic mass is 16.5. The fourth-order valence-electron chi connectivity index (χ4n) is 1.67. The Labute approximate surface area is 142 Å². The summed E-state index contributed by atoms with van der Waals surface area (Å²) in [7, 11) is 1.34. The van der Waals surface area contributed by atoms with Gasteiger partial charge in [0.25, 0.3) is 0 Å². The van der Waals surface area contributed by atoms with Crippen LogP contribution in [0.5, 0.6) is 5.75 Å². The van der Waals surface area contributed by atoms with Crippen LogP contribution in [-0.4, -0.2) is 32.3 Å². The van der Waals surface area contributed by atoms with E-state index in [1.54, 1.807) is 6.08 Å². The van der Waals surface area contributed by atoms with E-state index in [9.17, 15) is 9.59 Å². The second kappa shape index (κ2) is 11.7. The summed E-state index contributed by atoms with van der Waals surface area (Å²) in [6.45, 7) is 4.23. The summed E-state index contributed by atoms with van der Waals surface area (Å²) in [5.41, 5.74) is 0.890. The maximum absolute atomic E-state index is 11.0. The Morgan fingerprint density at radius 1 is 1.04 bits per heavy atom. The highest BCUT2D eigenvalue weighted by Gasteiger charge is 1.95. The van der Waals surface area contributed by atoms with Crippen LogP contribution >= 0.6 is 0 Å². The molecule has 0 aliphatic rings. The van der Waals surface area contributed by atoms with Crippen molar-refractivity contribution in [1.82, 2.24) is 0 Å². The van der Waals surface area contributed by atoms with Crippen molar-refractivity contribution in [2.24, 2.45) is 0 Å². The zero-order valence-corrected chi connectivity index (χ0v) is 13.8. The van der Waals surface area contributed by atoms with Gasteiger partial charge in [0, 0.05) is 12.2 Å². The van der Waals surface area contributed by atoms with Gasteiger partial charge in [-0.05, 0) is 36.6 Å². The average molecular weight is 330 g/mol. The van der Waals surface area contributed by atoms with Crippen LogP contribution in [0.1, 0.15) is 18.4 Å². The molecule has 0 unspecified atom stereocenters. The second-order valence-corrected chi connectivity index (χ2v) is 4.69. The fraction of sp³-hybridized carbons (Fsp3) is 0.263. The minimum absolute atomic E-state index is 0.350. The SMILES string of the molecule is C=CC(=O)OCCC=CCCOc1ccc(C=CC(=O)OC)cc1. The van der Waals surface area contributed by atoms with Gasteiger partial charge < -0.3 is 14.2 Å². The van der Waals surface area contributed by atoms with Crippen LogP contribution in [0.2, 0.25) is 0 Å². The first-order valence-corrected chi connectivity index (χ1v) is 7.59. The third-order valence-corrected chi connectivity index (χ3v) is 2.91. The number of carbonyl (C=O) groups is 2. The first-order chi connectivity index (χ1) is 11.7. The van der Waals surface area contributed by atoms with Gasteiger partial charge in [0.1, 0.15) is 5.75 Å². The van der Waals surface area contributed by atoms with Crippen molar-refractivity contribution in [2.45, 2.75) is 12.8 Å². The number of hydrogen-bond donors (Lipinski definition) is 0. The molecule has 0 heterocycles. The predicted octanol–water partition coefficient (Wildman–Crippen LogP) is 3.32. The van der Waals surface area contributed by atoms with Gasteiger partial charge in [-0.3, -0.25) is 0 Å². The maximum Gasteiger partial charge on any atom is 0.330 e. The van der Waals surface area contributed by atoms with Crippen molar-refractivity contribution in [3.63, 3.8) is 0 Å². The second-order valence-electron chi connectivity index (χ2n) is 4.69. The van der Waals surface area contributed by atoms with E-state index >= 15 is 0 Å². The number of methoxy groups -OCH3 is 1. The molecule has 0 fully saturated rings. The Hall–Kier alpha value is -2.82. The average Bonchev–Trinajstić information content (AvgIpc) is 2.62. The summed E-state index contributed by atoms with van der Waals surface area (Å²) in [6.07, 6.45) is 9.55. The molecule has 0 saturated carbocycles. The van der Waals surface area contributed by atoms with Crippen LogP contribution in [-0.2, 0) is 19.1 Å². The van der Waals surface area contributed by atoms with E-state index in [2.05, 4.69) is 11.3 Å². The molecule has 0 bridgehead atoms. The lowest BCUT2D eigenvalue weighted by Gasteiger charge is -2.04. The van der Waals surface area contributed by atoms with Crippen molar-refractivity contribution < 1.29 is 23.8 Å². The monoisotopic (exact) mass is 330 g/mol. The molecule has 5 nitrogen and oxygen atoms in total. The summed E-state index contributed by atoms with van der Waals surface area (Å²) < 4.78 is 15.0. The van der Waals surface area contributed by atoms with Gasteiger partial charge in [-0.2, -0.15) is 0 Å². The Kier molecular flexibility index (Phi) is 9.38. The quantitative estimate of drug-likeness (QED) is 0.285. The number of carbonyl (C=O) groups excluding carboxylic acids is 2. The first kappa shape index (κ1) is 19.2. The normalized spacial score (nSPS) is 10.7. The zero-order valence-electron chi connectivity index (χ0n) is 13.8. The van der Waals surface area contributed by atoms with Gasteiger partial charge in [-0.25, -0.2) is 9.59 Å². The molecule has 0 amide bonds. The topological polar surface area (TPSA) is 61.8 Å². The van der Waals surface area contributed by atoms with Gasteiger partial charge in [-0.1, -0.05) is 30.9 Å². The predicted molar refractivity (Wildman–Crippen MR) is 92.5 cm³/mol. The van der Waals surface area contributed by atoms with E-state index in [4.69, 9.17) is 9.47 Å². The summed E-state index contributed by atoms with van der Waals surface area (Å²) in [6, 6.07) is 7.40. The Morgan fingerprint density at radius 2 is 1.71 bits per heavy atom. The van der Waals surface area contributed by atoms with Gasteiger partial charge >= 0.3 is 11.9 Å². The molecule has 0 spiro atoms. The minimum Gasteiger partial charge on any atom is -0.493 e. The van der Waals surface area contributed by atoms with Crippen LogP contribution in [0.25, 0.3) is 6.08 Å².